The molecule has 5 atom stereocenters. The normalized spacial score (nSPS) is 26.5. The fourth-order valence-electron chi connectivity index (χ4n) is 8.58. The molecule has 9 rings (SSSR count). The number of phenolic OH excluding ortho intramolecular Hbond substituents is 1. The third kappa shape index (κ3) is 7.14. The number of allylic oxidation sites excluding steroid dienone is 1. The minimum atomic E-state index is -1.17. The molecule has 5 aliphatic rings. The number of aromatic nitrogens is 2. The van der Waals surface area contributed by atoms with Crippen LogP contribution in [0.2, 0.25) is 0 Å². The molecule has 1 fully saturated rings. The number of nitrogens with zero attached hydrogens (tertiary/aromatic N) is 3. The van der Waals surface area contributed by atoms with Crippen LogP contribution >= 0.6 is 21.6 Å². The first-order valence-corrected chi connectivity index (χ1v) is 22.0. The summed E-state index contributed by atoms with van der Waals surface area (Å²) in [5.74, 6) is 2.10. The maximum absolute atomic E-state index is 14.4. The summed E-state index contributed by atoms with van der Waals surface area (Å²) in [5, 5.41) is 14.7. The van der Waals surface area contributed by atoms with Gasteiger partial charge in [-0.2, -0.15) is 0 Å². The molecule has 0 spiro atoms. The molecule has 16 heteroatoms. The first kappa shape index (κ1) is 38.6. The molecule has 7 N–H and O–H groups in total. The number of carbonyl (C=O) groups excluding carboxylic acids is 1. The number of carbonyl (C=O) groups is 1. The maximum atomic E-state index is 14.4. The number of anilines is 2. The van der Waals surface area contributed by atoms with Crippen molar-refractivity contribution in [1.82, 2.24) is 15.3 Å². The predicted molar refractivity (Wildman–Crippen MR) is 225 cm³/mol. The molecule has 14 nitrogen and oxygen atoms in total. The van der Waals surface area contributed by atoms with Crippen LogP contribution < -0.4 is 31.8 Å². The van der Waals surface area contributed by atoms with Crippen molar-refractivity contribution in [2.45, 2.75) is 81.7 Å². The molecule has 1 saturated heterocycles. The van der Waals surface area contributed by atoms with E-state index in [1.54, 1.807) is 34.6 Å². The molecule has 58 heavy (non-hydrogen) atoms. The van der Waals surface area contributed by atoms with Crippen LogP contribution in [-0.2, 0) is 39.4 Å². The Hall–Kier alpha value is -4.87. The van der Waals surface area contributed by atoms with Crippen molar-refractivity contribution in [3.05, 3.63) is 92.2 Å². The Labute approximate surface area is 342 Å². The predicted octanol–water partition coefficient (Wildman–Crippen LogP) is 3.95. The zero-order chi connectivity index (χ0) is 40.3. The van der Waals surface area contributed by atoms with Crippen molar-refractivity contribution < 1.29 is 33.4 Å². The number of phenols is 1. The van der Waals surface area contributed by atoms with Crippen LogP contribution in [-0.4, -0.2) is 76.6 Å². The van der Waals surface area contributed by atoms with Gasteiger partial charge < -0.3 is 40.5 Å². The third-order valence-electron chi connectivity index (χ3n) is 11.8. The SMILES string of the molecule is CNCC[C@@]12O[C@@H]1CCc1cc(N)nc(c1)-c1cc(C[NH+]3C=C4N=CC=C4C3)nc(N)c1CSSCC[C@]1(C)Oc3cc4oc(C)cc(=O)c4c(O)c3C[C@H]1OC2=O. The molecule has 1 aromatic carbocycles. The van der Waals surface area contributed by atoms with Crippen molar-refractivity contribution in [3.63, 3.8) is 0 Å². The highest BCUT2D eigenvalue weighted by Crippen LogP contribution is 2.48. The molecular weight excluding hydrogens is 779 g/mol. The molecule has 1 unspecified atom stereocenters. The number of aliphatic imine (C=N–C) groups is 1. The van der Waals surface area contributed by atoms with Crippen LogP contribution in [0.4, 0.5) is 11.6 Å². The van der Waals surface area contributed by atoms with Gasteiger partial charge in [0.2, 0.25) is 0 Å². The molecule has 0 aliphatic carbocycles. The molecule has 8 heterocycles. The Morgan fingerprint density at radius 1 is 1.09 bits per heavy atom. The number of benzene rings is 1. The van der Waals surface area contributed by atoms with Gasteiger partial charge in [-0.15, -0.1) is 0 Å². The molecule has 2 bridgehead atoms. The third-order valence-corrected chi connectivity index (χ3v) is 14.1. The van der Waals surface area contributed by atoms with E-state index < -0.39 is 29.4 Å². The summed E-state index contributed by atoms with van der Waals surface area (Å²) < 4.78 is 25.3. The Bertz CT molecular complexity index is 2510. The number of esters is 1. The second-order valence-corrected chi connectivity index (χ2v) is 18.4. The number of rotatable bonds is 5. The van der Waals surface area contributed by atoms with E-state index in [1.807, 2.05) is 32.3 Å². The van der Waals surface area contributed by atoms with Crippen molar-refractivity contribution in [2.24, 2.45) is 4.99 Å². The van der Waals surface area contributed by atoms with Crippen LogP contribution in [0.25, 0.3) is 22.2 Å². The van der Waals surface area contributed by atoms with Crippen molar-refractivity contribution >= 4 is 56.4 Å². The zero-order valence-corrected chi connectivity index (χ0v) is 34.2. The minimum Gasteiger partial charge on any atom is -0.507 e. The summed E-state index contributed by atoms with van der Waals surface area (Å²) in [7, 11) is 5.12. The lowest BCUT2D eigenvalue weighted by atomic mass is 9.86. The smallest absolute Gasteiger partial charge is 0.341 e. The summed E-state index contributed by atoms with van der Waals surface area (Å²) in [6.07, 6.45) is 6.97. The van der Waals surface area contributed by atoms with E-state index in [4.69, 9.17) is 40.1 Å². The number of epoxide rings is 1. The highest BCUT2D eigenvalue weighted by molar-refractivity contribution is 8.76. The maximum Gasteiger partial charge on any atom is 0.341 e. The van der Waals surface area contributed by atoms with Gasteiger partial charge in [0, 0.05) is 71.4 Å². The number of hydrogen-bond acceptors (Lipinski definition) is 15. The summed E-state index contributed by atoms with van der Waals surface area (Å²) in [5.41, 5.74) is 17.9. The fraction of sp³-hybridized carbons (Fsp3) is 0.405. The number of pyridine rings is 2. The van der Waals surface area contributed by atoms with Crippen molar-refractivity contribution in [2.75, 3.05) is 37.4 Å². The van der Waals surface area contributed by atoms with Crippen LogP contribution in [0.1, 0.15) is 54.3 Å². The quantitative estimate of drug-likeness (QED) is 0.110. The second kappa shape index (κ2) is 15.1. The van der Waals surface area contributed by atoms with E-state index in [-0.39, 0.29) is 28.6 Å². The number of hydrogen-bond donors (Lipinski definition) is 5. The lowest BCUT2D eigenvalue weighted by Gasteiger charge is -2.42. The van der Waals surface area contributed by atoms with Gasteiger partial charge in [-0.05, 0) is 70.1 Å². The van der Waals surface area contributed by atoms with Gasteiger partial charge in [-0.3, -0.25) is 14.7 Å². The van der Waals surface area contributed by atoms with E-state index >= 15 is 0 Å². The molecule has 302 valence electrons. The molecule has 0 radical (unpaired) electrons. The van der Waals surface area contributed by atoms with Gasteiger partial charge >= 0.3 is 5.97 Å². The number of quaternary nitrogens is 1. The van der Waals surface area contributed by atoms with E-state index in [9.17, 15) is 14.7 Å². The molecule has 3 aromatic heterocycles. The molecule has 0 saturated carbocycles. The van der Waals surface area contributed by atoms with Crippen LogP contribution in [0.5, 0.6) is 11.5 Å². The van der Waals surface area contributed by atoms with Gasteiger partial charge in [-0.1, -0.05) is 21.6 Å². The lowest BCUT2D eigenvalue weighted by molar-refractivity contribution is -0.852. The molecule has 0 amide bonds. The lowest BCUT2D eigenvalue weighted by Crippen LogP contribution is -3.04. The van der Waals surface area contributed by atoms with Crippen molar-refractivity contribution in [3.8, 4) is 22.8 Å². The topological polar surface area (TPSA) is 205 Å². The number of aryl methyl sites for hydroxylation is 2. The van der Waals surface area contributed by atoms with E-state index in [2.05, 4.69) is 28.7 Å². The van der Waals surface area contributed by atoms with Gasteiger partial charge in [0.15, 0.2) is 11.0 Å². The highest BCUT2D eigenvalue weighted by Gasteiger charge is 2.63. The second-order valence-electron chi connectivity index (χ2n) is 15.9. The molecule has 4 aromatic rings. The van der Waals surface area contributed by atoms with Crippen molar-refractivity contribution in [1.29, 1.82) is 0 Å². The standard InChI is InChI=1S/C42H45N7O7S2/c1-22-12-31(50)37-33(53-22)17-32-27(38(37)51)16-35-41(2,55-32)8-11-57-58-21-28-26(15-25(47-39(28)44)19-49-18-24-6-9-46-30(24)20-49)29-13-23(14-36(43)48-29)4-5-34-42(56-34,7-10-45-3)40(52)54-35/h6,9,12-15,17,20,34-35,45,51H,4-5,7-8,10-11,16,18-19,21H2,1-3H3,(H2,43,48)(H2,44,47)/p+1/t34-,35-,41+,42-/m1/s1. The summed E-state index contributed by atoms with van der Waals surface area (Å²) >= 11 is 0. The Morgan fingerprint density at radius 3 is 2.78 bits per heavy atom. The van der Waals surface area contributed by atoms with Crippen LogP contribution in [0.15, 0.2) is 68.1 Å². The molecule has 5 aliphatic heterocycles. The fourth-order valence-corrected chi connectivity index (χ4v) is 10.9. The van der Waals surface area contributed by atoms with Gasteiger partial charge in [-0.25, -0.2) is 14.8 Å². The monoisotopic (exact) mass is 824 g/mol. The number of nitrogens with one attached hydrogen (secondary N) is 2. The number of nitrogen functional groups attached to an aromatic ring is 2. The zero-order valence-electron chi connectivity index (χ0n) is 32.6. The number of aromatic hydroxyl groups is 1. The first-order valence-electron chi connectivity index (χ1n) is 19.5. The number of ether oxygens (including phenoxy) is 3. The Morgan fingerprint density at radius 2 is 1.95 bits per heavy atom. The summed E-state index contributed by atoms with van der Waals surface area (Å²) in [4.78, 5) is 42.7. The average molecular weight is 825 g/mol. The largest absolute Gasteiger partial charge is 0.507 e. The highest BCUT2D eigenvalue weighted by atomic mass is 33.1. The van der Waals surface area contributed by atoms with Crippen LogP contribution in [0, 0.1) is 6.92 Å². The minimum absolute atomic E-state index is 0.0662. The van der Waals surface area contributed by atoms with Gasteiger partial charge in [0.1, 0.15) is 76.6 Å². The van der Waals surface area contributed by atoms with E-state index in [0.717, 1.165) is 40.3 Å². The van der Waals surface area contributed by atoms with Gasteiger partial charge in [0.05, 0.1) is 17.5 Å². The summed E-state index contributed by atoms with van der Waals surface area (Å²) in [6.45, 7) is 5.60. The van der Waals surface area contributed by atoms with E-state index in [0.29, 0.717) is 79.0 Å². The first-order chi connectivity index (χ1) is 27.9. The van der Waals surface area contributed by atoms with Crippen LogP contribution in [0.3, 0.4) is 0 Å². The Balaban J connectivity index is 1.06. The average Bonchev–Trinajstić information content (AvgIpc) is 3.49. The molecular formula is C42H46N7O7S2+. The van der Waals surface area contributed by atoms with E-state index in [1.165, 1.54) is 16.5 Å². The number of nitrogens with two attached hydrogens (primary N) is 2. The number of fused-ring (bicyclic) bond motifs is 9. The Kier molecular flexibility index (Phi) is 10.0. The summed E-state index contributed by atoms with van der Waals surface area (Å²) in [6, 6.07) is 8.99. The van der Waals surface area contributed by atoms with Gasteiger partial charge in [0.25, 0.3) is 0 Å².